The van der Waals surface area contributed by atoms with Gasteiger partial charge < -0.3 is 28.4 Å². The SMILES string of the molecule is CCOC(=O)C(F)=C1O[C@H](COCc2ccccc2)[C@@H](OCc2ccccc2)[C@H](OCc2ccccc2)[C@@H]1OCc1ccccc1. The summed E-state index contributed by atoms with van der Waals surface area (Å²) in [6.45, 7) is 2.48. The summed E-state index contributed by atoms with van der Waals surface area (Å²) in [7, 11) is 0. The molecule has 1 saturated heterocycles. The van der Waals surface area contributed by atoms with Crippen LogP contribution >= 0.6 is 0 Å². The lowest BCUT2D eigenvalue weighted by Gasteiger charge is -2.43. The first-order chi connectivity index (χ1) is 22.6. The average Bonchev–Trinajstić information content (AvgIpc) is 3.11. The molecule has 240 valence electrons. The van der Waals surface area contributed by atoms with Crippen molar-refractivity contribution in [3.63, 3.8) is 0 Å². The van der Waals surface area contributed by atoms with Crippen LogP contribution in [0.15, 0.2) is 133 Å². The fraction of sp³-hybridized carbons (Fsp3) is 0.289. The smallest absolute Gasteiger partial charge is 0.370 e. The average molecular weight is 627 g/mol. The van der Waals surface area contributed by atoms with E-state index in [1.165, 1.54) is 0 Å². The Kier molecular flexibility index (Phi) is 12.5. The van der Waals surface area contributed by atoms with E-state index < -0.39 is 36.2 Å². The van der Waals surface area contributed by atoms with E-state index in [2.05, 4.69) is 0 Å². The highest BCUT2D eigenvalue weighted by Gasteiger charge is 2.49. The Morgan fingerprint density at radius 3 is 1.54 bits per heavy atom. The number of esters is 1. The summed E-state index contributed by atoms with van der Waals surface area (Å²) in [6, 6.07) is 38.5. The maximum Gasteiger partial charge on any atom is 0.370 e. The molecule has 4 aromatic rings. The number of carbonyl (C=O) groups excluding carboxylic acids is 1. The predicted molar refractivity (Wildman–Crippen MR) is 171 cm³/mol. The molecule has 0 radical (unpaired) electrons. The number of ether oxygens (including phenoxy) is 6. The van der Waals surface area contributed by atoms with Crippen molar-refractivity contribution in [1.82, 2.24) is 0 Å². The van der Waals surface area contributed by atoms with Gasteiger partial charge in [-0.1, -0.05) is 121 Å². The van der Waals surface area contributed by atoms with E-state index in [4.69, 9.17) is 28.4 Å². The van der Waals surface area contributed by atoms with Crippen molar-refractivity contribution >= 4 is 5.97 Å². The third-order valence-corrected chi connectivity index (χ3v) is 7.43. The molecule has 0 aliphatic carbocycles. The summed E-state index contributed by atoms with van der Waals surface area (Å²) in [5.74, 6) is -2.62. The van der Waals surface area contributed by atoms with Crippen molar-refractivity contribution in [1.29, 1.82) is 0 Å². The van der Waals surface area contributed by atoms with Gasteiger partial charge in [0.25, 0.3) is 0 Å². The second-order valence-corrected chi connectivity index (χ2v) is 10.8. The lowest BCUT2D eigenvalue weighted by Crippen LogP contribution is -2.56. The van der Waals surface area contributed by atoms with Crippen LogP contribution in [0.2, 0.25) is 0 Å². The number of hydrogen-bond donors (Lipinski definition) is 0. The van der Waals surface area contributed by atoms with Crippen LogP contribution in [-0.4, -0.2) is 43.6 Å². The highest BCUT2D eigenvalue weighted by molar-refractivity contribution is 5.86. The van der Waals surface area contributed by atoms with Crippen molar-refractivity contribution in [3.05, 3.63) is 155 Å². The van der Waals surface area contributed by atoms with Crippen molar-refractivity contribution in [2.45, 2.75) is 57.8 Å². The van der Waals surface area contributed by atoms with Gasteiger partial charge >= 0.3 is 5.97 Å². The predicted octanol–water partition coefficient (Wildman–Crippen LogP) is 7.10. The number of hydrogen-bond acceptors (Lipinski definition) is 7. The molecular weight excluding hydrogens is 587 g/mol. The van der Waals surface area contributed by atoms with Crippen LogP contribution in [0.25, 0.3) is 0 Å². The Labute approximate surface area is 269 Å². The molecule has 0 amide bonds. The van der Waals surface area contributed by atoms with Crippen LogP contribution in [-0.2, 0) is 59.6 Å². The summed E-state index contributed by atoms with van der Waals surface area (Å²) in [5.41, 5.74) is 3.67. The van der Waals surface area contributed by atoms with Gasteiger partial charge in [-0.25, -0.2) is 4.79 Å². The van der Waals surface area contributed by atoms with Gasteiger partial charge in [0.15, 0.2) is 11.9 Å². The van der Waals surface area contributed by atoms with Crippen LogP contribution < -0.4 is 0 Å². The van der Waals surface area contributed by atoms with Crippen molar-refractivity contribution in [3.8, 4) is 0 Å². The zero-order valence-corrected chi connectivity index (χ0v) is 25.8. The van der Waals surface area contributed by atoms with Crippen LogP contribution in [0.1, 0.15) is 29.2 Å². The molecule has 0 spiro atoms. The van der Waals surface area contributed by atoms with Crippen molar-refractivity contribution in [2.24, 2.45) is 0 Å². The lowest BCUT2D eigenvalue weighted by molar-refractivity contribution is -0.225. The molecule has 4 atom stereocenters. The summed E-state index contributed by atoms with van der Waals surface area (Å²) >= 11 is 0. The van der Waals surface area contributed by atoms with Gasteiger partial charge in [0.1, 0.15) is 18.3 Å². The van der Waals surface area contributed by atoms with Gasteiger partial charge in [0.2, 0.25) is 5.83 Å². The third-order valence-electron chi connectivity index (χ3n) is 7.43. The monoisotopic (exact) mass is 626 g/mol. The topological polar surface area (TPSA) is 72.5 Å². The molecule has 4 aromatic carbocycles. The Bertz CT molecular complexity index is 1500. The van der Waals surface area contributed by atoms with Gasteiger partial charge in [-0.15, -0.1) is 0 Å². The molecule has 5 rings (SSSR count). The van der Waals surface area contributed by atoms with E-state index in [1.807, 2.05) is 121 Å². The fourth-order valence-corrected chi connectivity index (χ4v) is 5.15. The molecule has 0 N–H and O–H groups in total. The molecule has 1 heterocycles. The minimum absolute atomic E-state index is 0.00453. The highest BCUT2D eigenvalue weighted by Crippen LogP contribution is 2.35. The van der Waals surface area contributed by atoms with E-state index in [-0.39, 0.29) is 38.8 Å². The molecule has 0 saturated carbocycles. The number of rotatable bonds is 15. The second-order valence-electron chi connectivity index (χ2n) is 10.8. The molecule has 1 aliphatic heterocycles. The van der Waals surface area contributed by atoms with Crippen molar-refractivity contribution in [2.75, 3.05) is 13.2 Å². The zero-order chi connectivity index (χ0) is 32.0. The largest absolute Gasteiger partial charge is 0.483 e. The first-order valence-electron chi connectivity index (χ1n) is 15.4. The van der Waals surface area contributed by atoms with E-state index in [1.54, 1.807) is 6.92 Å². The fourth-order valence-electron chi connectivity index (χ4n) is 5.15. The van der Waals surface area contributed by atoms with Crippen LogP contribution in [0.5, 0.6) is 0 Å². The first kappa shape index (κ1) is 33.0. The number of halogens is 1. The number of carbonyl (C=O) groups is 1. The standard InChI is InChI=1S/C38H39FO7/c1-2-42-38(40)33(39)35-37(45-26-31-21-13-6-14-22-31)36(44-25-30-19-11-5-12-20-30)34(43-24-29-17-9-4-10-18-29)32(46-35)27-41-23-28-15-7-3-8-16-28/h3-22,32,34,36-37H,2,23-27H2,1H3/t32-,34-,36+,37-/m1/s1. The van der Waals surface area contributed by atoms with E-state index >= 15 is 4.39 Å². The second kappa shape index (κ2) is 17.4. The maximum atomic E-state index is 16.0. The normalized spacial score (nSPS) is 20.5. The van der Waals surface area contributed by atoms with Crippen LogP contribution in [0.3, 0.4) is 0 Å². The Hall–Kier alpha value is -4.34. The minimum atomic E-state index is -1.18. The summed E-state index contributed by atoms with van der Waals surface area (Å²) in [4.78, 5) is 12.8. The Morgan fingerprint density at radius 2 is 1.07 bits per heavy atom. The van der Waals surface area contributed by atoms with E-state index in [9.17, 15) is 4.79 Å². The summed E-state index contributed by atoms with van der Waals surface area (Å²) in [5, 5.41) is 0. The summed E-state index contributed by atoms with van der Waals surface area (Å²) in [6.07, 6.45) is -3.64. The number of benzene rings is 4. The maximum absolute atomic E-state index is 16.0. The molecule has 7 nitrogen and oxygen atoms in total. The minimum Gasteiger partial charge on any atom is -0.483 e. The van der Waals surface area contributed by atoms with Gasteiger partial charge in [0, 0.05) is 0 Å². The zero-order valence-electron chi connectivity index (χ0n) is 25.8. The van der Waals surface area contributed by atoms with Gasteiger partial charge in [0.05, 0.1) is 39.6 Å². The third kappa shape index (κ3) is 9.34. The molecule has 8 heteroatoms. The Balaban J connectivity index is 1.50. The van der Waals surface area contributed by atoms with Gasteiger partial charge in [-0.2, -0.15) is 4.39 Å². The quantitative estimate of drug-likeness (QED) is 0.103. The van der Waals surface area contributed by atoms with Crippen LogP contribution in [0, 0.1) is 0 Å². The Morgan fingerprint density at radius 1 is 0.630 bits per heavy atom. The van der Waals surface area contributed by atoms with E-state index in [0.717, 1.165) is 22.3 Å². The highest BCUT2D eigenvalue weighted by atomic mass is 19.1. The molecular formula is C38H39FO7. The first-order valence-corrected chi connectivity index (χ1v) is 15.4. The van der Waals surface area contributed by atoms with Crippen molar-refractivity contribution < 1.29 is 37.6 Å². The molecule has 1 aliphatic rings. The molecule has 0 aromatic heterocycles. The molecule has 1 fully saturated rings. The van der Waals surface area contributed by atoms with Gasteiger partial charge in [-0.05, 0) is 29.2 Å². The molecule has 46 heavy (non-hydrogen) atoms. The molecule has 0 unspecified atom stereocenters. The molecule has 0 bridgehead atoms. The summed E-state index contributed by atoms with van der Waals surface area (Å²) < 4.78 is 52.8. The lowest BCUT2D eigenvalue weighted by atomic mass is 9.96. The van der Waals surface area contributed by atoms with Crippen LogP contribution in [0.4, 0.5) is 4.39 Å². The van der Waals surface area contributed by atoms with Gasteiger partial charge in [-0.3, -0.25) is 0 Å². The van der Waals surface area contributed by atoms with E-state index in [0.29, 0.717) is 6.61 Å².